The third-order valence-electron chi connectivity index (χ3n) is 13.2. The van der Waals surface area contributed by atoms with Gasteiger partial charge in [0.25, 0.3) is 0 Å². The predicted molar refractivity (Wildman–Crippen MR) is 236 cm³/mol. The van der Waals surface area contributed by atoms with E-state index in [1.807, 2.05) is 12.4 Å². The van der Waals surface area contributed by atoms with Gasteiger partial charge in [0.05, 0.1) is 28.2 Å². The van der Waals surface area contributed by atoms with Crippen LogP contribution in [0.15, 0.2) is 34.3 Å². The van der Waals surface area contributed by atoms with Crippen LogP contribution >= 0.6 is 0 Å². The minimum Gasteiger partial charge on any atom is -0.507 e. The maximum absolute atomic E-state index is 12.1. The summed E-state index contributed by atoms with van der Waals surface area (Å²) in [5.41, 5.74) is 6.99. The minimum atomic E-state index is -2.14. The van der Waals surface area contributed by atoms with E-state index in [0.717, 1.165) is 36.8 Å². The lowest BCUT2D eigenvalue weighted by atomic mass is 9.86. The Labute approximate surface area is 322 Å². The van der Waals surface area contributed by atoms with Gasteiger partial charge in [-0.2, -0.15) is 0 Å². The van der Waals surface area contributed by atoms with Crippen LogP contribution in [0.2, 0.25) is 33.2 Å². The van der Waals surface area contributed by atoms with Crippen molar-refractivity contribution in [1.82, 2.24) is 0 Å². The van der Waals surface area contributed by atoms with Gasteiger partial charge in [-0.15, -0.1) is 0 Å². The molecule has 2 atom stereocenters. The van der Waals surface area contributed by atoms with Crippen molar-refractivity contribution in [1.29, 1.82) is 0 Å². The second-order valence-electron chi connectivity index (χ2n) is 20.2. The molecule has 0 aliphatic heterocycles. The minimum absolute atomic E-state index is 0.0244. The molecule has 6 heteroatoms. The van der Waals surface area contributed by atoms with Crippen molar-refractivity contribution in [3.8, 4) is 11.5 Å². The van der Waals surface area contributed by atoms with E-state index in [4.69, 9.17) is 9.98 Å². The Bertz CT molecular complexity index is 1410. The molecule has 1 aliphatic carbocycles. The molecule has 52 heavy (non-hydrogen) atoms. The molecule has 0 aromatic heterocycles. The summed E-state index contributed by atoms with van der Waals surface area (Å²) in [6.45, 7) is 42.0. The Kier molecular flexibility index (Phi) is 14.2. The topological polar surface area (TPSA) is 65.2 Å². The molecule has 3 rings (SSSR count). The van der Waals surface area contributed by atoms with E-state index in [9.17, 15) is 10.2 Å². The molecule has 2 N–H and O–H groups in total. The van der Waals surface area contributed by atoms with Gasteiger partial charge < -0.3 is 10.2 Å². The molecule has 0 saturated heterocycles. The van der Waals surface area contributed by atoms with Crippen LogP contribution in [0, 0.1) is 0 Å². The van der Waals surface area contributed by atoms with Crippen LogP contribution in [-0.2, 0) is 10.8 Å². The number of benzene rings is 2. The van der Waals surface area contributed by atoms with Crippen LogP contribution in [-0.4, -0.2) is 50.9 Å². The molecule has 0 radical (unpaired) electrons. The van der Waals surface area contributed by atoms with E-state index in [1.165, 1.54) is 21.5 Å². The lowest BCUT2D eigenvalue weighted by molar-refractivity contribution is 0.390. The molecule has 0 amide bonds. The second kappa shape index (κ2) is 16.7. The molecule has 4 nitrogen and oxygen atoms in total. The summed E-state index contributed by atoms with van der Waals surface area (Å²) in [5.74, 6) is 0.861. The lowest BCUT2D eigenvalue weighted by Crippen LogP contribution is -2.56. The SMILES string of the molecule is CC(C)[Si](c1cc(C(C)(C)C)cc(C=N[C@@H]2CCCC[C@H]2N=Cc2cc(C(C)(C)C)cc([Si](C(C)C)(C(C)C)C(C)C)c2O)c1O)(C(C)C)C(C)C. The van der Waals surface area contributed by atoms with Crippen molar-refractivity contribution in [2.24, 2.45) is 9.98 Å². The summed E-state index contributed by atoms with van der Waals surface area (Å²) in [6, 6.07) is 9.08. The molecule has 292 valence electrons. The van der Waals surface area contributed by atoms with Crippen LogP contribution in [0.1, 0.15) is 173 Å². The van der Waals surface area contributed by atoms with Gasteiger partial charge in [-0.3, -0.25) is 9.98 Å². The highest BCUT2D eigenvalue weighted by atomic mass is 28.3. The molecule has 0 bridgehead atoms. The summed E-state index contributed by atoms with van der Waals surface area (Å²) in [6.07, 6.45) is 8.12. The number of phenols is 2. The van der Waals surface area contributed by atoms with E-state index < -0.39 is 16.1 Å². The number of hydrogen-bond donors (Lipinski definition) is 2. The summed E-state index contributed by atoms with van der Waals surface area (Å²) >= 11 is 0. The summed E-state index contributed by atoms with van der Waals surface area (Å²) < 4.78 is 0. The van der Waals surface area contributed by atoms with Crippen molar-refractivity contribution in [3.05, 3.63) is 46.5 Å². The Morgan fingerprint density at radius 2 is 0.788 bits per heavy atom. The fourth-order valence-electron chi connectivity index (χ4n) is 10.7. The molecule has 2 aromatic rings. The molecule has 1 saturated carbocycles. The fraction of sp³-hybridized carbons (Fsp3) is 0.696. The highest BCUT2D eigenvalue weighted by molar-refractivity contribution is 6.96. The monoisotopic (exact) mass is 747 g/mol. The highest BCUT2D eigenvalue weighted by Gasteiger charge is 2.48. The van der Waals surface area contributed by atoms with Gasteiger partial charge >= 0.3 is 0 Å². The van der Waals surface area contributed by atoms with Crippen LogP contribution in [0.5, 0.6) is 11.5 Å². The van der Waals surface area contributed by atoms with Gasteiger partial charge in [0.2, 0.25) is 0 Å². The van der Waals surface area contributed by atoms with Crippen LogP contribution in [0.25, 0.3) is 0 Å². The Hall–Kier alpha value is -2.19. The average Bonchev–Trinajstić information content (AvgIpc) is 3.00. The maximum Gasteiger partial charge on any atom is 0.123 e. The third-order valence-corrected chi connectivity index (χ3v) is 27.3. The zero-order valence-corrected chi connectivity index (χ0v) is 38.7. The first-order valence-corrected chi connectivity index (χ1v) is 25.1. The number of hydrogen-bond acceptors (Lipinski definition) is 4. The van der Waals surface area contributed by atoms with E-state index in [-0.39, 0.29) is 22.9 Å². The highest BCUT2D eigenvalue weighted by Crippen LogP contribution is 2.45. The van der Waals surface area contributed by atoms with Gasteiger partial charge in [0.1, 0.15) is 11.5 Å². The molecule has 0 heterocycles. The van der Waals surface area contributed by atoms with Gasteiger partial charge in [-0.25, -0.2) is 0 Å². The smallest absolute Gasteiger partial charge is 0.123 e. The number of phenolic OH excluding ortho intramolecular Hbond substituents is 2. The predicted octanol–water partition coefficient (Wildman–Crippen LogP) is 12.3. The Balaban J connectivity index is 2.18. The summed E-state index contributed by atoms with van der Waals surface area (Å²) in [5, 5.41) is 26.6. The van der Waals surface area contributed by atoms with Gasteiger partial charge in [-0.05, 0) is 90.6 Å². The van der Waals surface area contributed by atoms with Crippen molar-refractivity contribution in [3.63, 3.8) is 0 Å². The van der Waals surface area contributed by atoms with Gasteiger partial charge in [0, 0.05) is 23.6 Å². The second-order valence-corrected chi connectivity index (χ2v) is 31.9. The first-order valence-electron chi connectivity index (χ1n) is 20.7. The Morgan fingerprint density at radius 1 is 0.519 bits per heavy atom. The number of aromatic hydroxyl groups is 2. The summed E-state index contributed by atoms with van der Waals surface area (Å²) in [4.78, 5) is 10.5. The van der Waals surface area contributed by atoms with Crippen LogP contribution < -0.4 is 10.4 Å². The number of aliphatic imine (C=N–C) groups is 2. The molecule has 1 aliphatic rings. The molecular formula is C46H78N2O2Si2. The normalized spacial score (nSPS) is 18.5. The van der Waals surface area contributed by atoms with Gasteiger partial charge in [-0.1, -0.05) is 150 Å². The maximum atomic E-state index is 12.1. The lowest BCUT2D eigenvalue weighted by Gasteiger charge is -2.44. The van der Waals surface area contributed by atoms with Crippen LogP contribution in [0.3, 0.4) is 0 Å². The molecule has 0 spiro atoms. The van der Waals surface area contributed by atoms with Crippen LogP contribution in [0.4, 0.5) is 0 Å². The number of rotatable bonds is 12. The molecule has 2 aromatic carbocycles. The summed E-state index contributed by atoms with van der Waals surface area (Å²) in [7, 11) is -4.28. The third kappa shape index (κ3) is 8.53. The molecule has 0 unspecified atom stereocenters. The van der Waals surface area contributed by atoms with Crippen molar-refractivity contribution in [2.75, 3.05) is 0 Å². The average molecular weight is 747 g/mol. The van der Waals surface area contributed by atoms with E-state index >= 15 is 0 Å². The van der Waals surface area contributed by atoms with Crippen molar-refractivity contribution in [2.45, 2.75) is 206 Å². The van der Waals surface area contributed by atoms with Crippen molar-refractivity contribution >= 4 is 39.0 Å². The van der Waals surface area contributed by atoms with E-state index in [0.29, 0.717) is 44.7 Å². The molecular weight excluding hydrogens is 669 g/mol. The zero-order chi connectivity index (χ0) is 39.7. The van der Waals surface area contributed by atoms with Crippen molar-refractivity contribution < 1.29 is 10.2 Å². The largest absolute Gasteiger partial charge is 0.507 e. The van der Waals surface area contributed by atoms with E-state index in [2.05, 4.69) is 149 Å². The quantitative estimate of drug-likeness (QED) is 0.168. The van der Waals surface area contributed by atoms with Gasteiger partial charge in [0.15, 0.2) is 0 Å². The fourth-order valence-corrected chi connectivity index (χ4v) is 24.3. The molecule has 1 fully saturated rings. The zero-order valence-electron chi connectivity index (χ0n) is 36.7. The first-order chi connectivity index (χ1) is 23.9. The Morgan fingerprint density at radius 3 is 1.02 bits per heavy atom. The number of nitrogens with zero attached hydrogens (tertiary/aromatic N) is 2. The standard InChI is InChI=1S/C46H78N2O2Si2/c1-29(2)51(30(3)4,31(5)6)41-25-37(45(13,14)15)23-35(43(41)49)27-47-39-21-19-20-22-40(39)48-28-36-24-38(46(16,17)18)26-42(44(36)50)52(32(7)8,33(9)10)34(11)12/h23-34,39-40,49-50H,19-22H2,1-18H3/t39-,40-/m1/s1. The first kappa shape index (κ1) is 44.2. The van der Waals surface area contributed by atoms with E-state index in [1.54, 1.807) is 0 Å².